The van der Waals surface area contributed by atoms with Gasteiger partial charge >= 0.3 is 11.9 Å². The lowest BCUT2D eigenvalue weighted by Crippen LogP contribution is -2.28. The van der Waals surface area contributed by atoms with Crippen molar-refractivity contribution in [2.45, 2.75) is 19.6 Å². The first-order valence-electron chi connectivity index (χ1n) is 4.41. The minimum absolute atomic E-state index is 0.334. The van der Waals surface area contributed by atoms with Gasteiger partial charge in [-0.1, -0.05) is 0 Å². The van der Waals surface area contributed by atoms with Gasteiger partial charge in [-0.05, 0) is 12.1 Å². The first-order chi connectivity index (χ1) is 7.03. The van der Waals surface area contributed by atoms with Crippen LogP contribution in [0.25, 0.3) is 0 Å². The second kappa shape index (κ2) is 3.05. The van der Waals surface area contributed by atoms with Gasteiger partial charge in [-0.3, -0.25) is 9.78 Å². The normalized spacial score (nSPS) is 23.2. The lowest BCUT2D eigenvalue weighted by Gasteiger charge is -2.21. The van der Waals surface area contributed by atoms with E-state index in [-0.39, 0.29) is 0 Å². The van der Waals surface area contributed by atoms with Crippen LogP contribution in [0, 0.1) is 0 Å². The van der Waals surface area contributed by atoms with Gasteiger partial charge in [-0.25, -0.2) is 4.79 Å². The van der Waals surface area contributed by atoms with Crippen molar-refractivity contribution in [3.05, 3.63) is 29.6 Å². The number of fused-ring (bicyclic) bond motifs is 1. The van der Waals surface area contributed by atoms with Gasteiger partial charge in [0.05, 0.1) is 5.56 Å². The average Bonchev–Trinajstić information content (AvgIpc) is 2.39. The lowest BCUT2D eigenvalue weighted by molar-refractivity contribution is -0.201. The molecule has 0 fully saturated rings. The van der Waals surface area contributed by atoms with E-state index in [4.69, 9.17) is 9.47 Å². The molecule has 0 amide bonds. The predicted octanol–water partition coefficient (Wildman–Crippen LogP) is 0.988. The van der Waals surface area contributed by atoms with Gasteiger partial charge in [0, 0.05) is 20.0 Å². The highest BCUT2D eigenvalue weighted by molar-refractivity contribution is 5.94. The molecule has 0 N–H and O–H groups in total. The zero-order valence-corrected chi connectivity index (χ0v) is 8.31. The number of rotatable bonds is 1. The van der Waals surface area contributed by atoms with E-state index in [0.29, 0.717) is 11.3 Å². The Morgan fingerprint density at radius 3 is 3.00 bits per heavy atom. The average molecular weight is 207 g/mol. The molecule has 1 aromatic rings. The summed E-state index contributed by atoms with van der Waals surface area (Å²) in [6, 6.07) is 3.21. The first-order valence-corrected chi connectivity index (χ1v) is 4.41. The molecule has 15 heavy (non-hydrogen) atoms. The van der Waals surface area contributed by atoms with Crippen LogP contribution in [0.15, 0.2) is 18.3 Å². The third-order valence-electron chi connectivity index (χ3n) is 2.08. The van der Waals surface area contributed by atoms with Crippen LogP contribution in [0.1, 0.15) is 29.9 Å². The summed E-state index contributed by atoms with van der Waals surface area (Å²) in [6.07, 6.45) is 1.52. The maximum Gasteiger partial charge on any atom is 0.343 e. The SMILES string of the molecule is CC(=O)O[C@@]1(C)OC(=O)c2cccnc21. The fraction of sp³-hybridized carbons (Fsp3) is 0.300. The van der Waals surface area contributed by atoms with Crippen LogP contribution in [-0.4, -0.2) is 16.9 Å². The first kappa shape index (κ1) is 9.64. The molecule has 0 unspecified atom stereocenters. The summed E-state index contributed by atoms with van der Waals surface area (Å²) in [5.41, 5.74) is 0.673. The molecule has 0 spiro atoms. The van der Waals surface area contributed by atoms with Crippen molar-refractivity contribution < 1.29 is 19.1 Å². The van der Waals surface area contributed by atoms with Crippen LogP contribution in [0.4, 0.5) is 0 Å². The number of hydrogen-bond acceptors (Lipinski definition) is 5. The molecule has 2 heterocycles. The molecule has 0 saturated carbocycles. The molecule has 1 aromatic heterocycles. The second-order valence-corrected chi connectivity index (χ2v) is 3.33. The quantitative estimate of drug-likeness (QED) is 0.642. The summed E-state index contributed by atoms with van der Waals surface area (Å²) >= 11 is 0. The van der Waals surface area contributed by atoms with Gasteiger partial charge in [0.15, 0.2) is 0 Å². The predicted molar refractivity (Wildman–Crippen MR) is 48.8 cm³/mol. The number of ether oxygens (including phenoxy) is 2. The van der Waals surface area contributed by atoms with Crippen LogP contribution in [0.5, 0.6) is 0 Å². The van der Waals surface area contributed by atoms with Crippen LogP contribution in [-0.2, 0) is 20.1 Å². The van der Waals surface area contributed by atoms with Gasteiger partial charge in [0.25, 0.3) is 5.79 Å². The topological polar surface area (TPSA) is 65.5 Å². The molecule has 1 atom stereocenters. The van der Waals surface area contributed by atoms with E-state index in [0.717, 1.165) is 0 Å². The largest absolute Gasteiger partial charge is 0.417 e. The van der Waals surface area contributed by atoms with E-state index in [1.807, 2.05) is 0 Å². The minimum atomic E-state index is -1.39. The van der Waals surface area contributed by atoms with E-state index in [1.165, 1.54) is 20.0 Å². The minimum Gasteiger partial charge on any atom is -0.417 e. The number of hydrogen-bond donors (Lipinski definition) is 0. The maximum atomic E-state index is 11.4. The summed E-state index contributed by atoms with van der Waals surface area (Å²) < 4.78 is 9.94. The number of esters is 2. The molecule has 1 aliphatic rings. The molecule has 0 aliphatic carbocycles. The van der Waals surface area contributed by atoms with Crippen molar-refractivity contribution in [1.82, 2.24) is 4.98 Å². The van der Waals surface area contributed by atoms with E-state index < -0.39 is 17.7 Å². The molecule has 0 radical (unpaired) electrons. The van der Waals surface area contributed by atoms with Crippen molar-refractivity contribution >= 4 is 11.9 Å². The fourth-order valence-corrected chi connectivity index (χ4v) is 1.56. The Morgan fingerprint density at radius 2 is 2.33 bits per heavy atom. The zero-order valence-electron chi connectivity index (χ0n) is 8.31. The molecular formula is C10H9NO4. The van der Waals surface area contributed by atoms with Crippen molar-refractivity contribution in [2.75, 3.05) is 0 Å². The lowest BCUT2D eigenvalue weighted by atomic mass is 10.1. The van der Waals surface area contributed by atoms with Gasteiger partial charge in [0.2, 0.25) is 0 Å². The molecule has 1 aliphatic heterocycles. The third kappa shape index (κ3) is 1.45. The highest BCUT2D eigenvalue weighted by Gasteiger charge is 2.46. The van der Waals surface area contributed by atoms with Crippen LogP contribution in [0.2, 0.25) is 0 Å². The summed E-state index contributed by atoms with van der Waals surface area (Å²) in [7, 11) is 0. The molecule has 5 nitrogen and oxygen atoms in total. The molecule has 0 aromatic carbocycles. The Labute approximate surface area is 86.0 Å². The Kier molecular flexibility index (Phi) is 1.96. The van der Waals surface area contributed by atoms with Crippen LogP contribution >= 0.6 is 0 Å². The third-order valence-corrected chi connectivity index (χ3v) is 2.08. The van der Waals surface area contributed by atoms with E-state index in [2.05, 4.69) is 4.98 Å². The summed E-state index contributed by atoms with van der Waals surface area (Å²) in [5.74, 6) is -2.44. The Bertz CT molecular complexity index is 439. The molecule has 0 saturated heterocycles. The number of aromatic nitrogens is 1. The zero-order chi connectivity index (χ0) is 11.1. The number of cyclic esters (lactones) is 1. The van der Waals surface area contributed by atoms with Crippen molar-refractivity contribution in [3.63, 3.8) is 0 Å². The molecular weight excluding hydrogens is 198 g/mol. The molecule has 5 heteroatoms. The molecule has 2 rings (SSSR count). The standard InChI is InChI=1S/C10H9NO4/c1-6(12)14-10(2)8-7(9(13)15-10)4-3-5-11-8/h3-5H,1-2H3/t10-/m0/s1. The highest BCUT2D eigenvalue weighted by atomic mass is 16.7. The molecule has 0 bridgehead atoms. The summed E-state index contributed by atoms with van der Waals surface area (Å²) in [5, 5.41) is 0. The van der Waals surface area contributed by atoms with Crippen LogP contribution in [0.3, 0.4) is 0 Å². The Balaban J connectivity index is 2.47. The second-order valence-electron chi connectivity index (χ2n) is 3.33. The number of pyridine rings is 1. The smallest absolute Gasteiger partial charge is 0.343 e. The van der Waals surface area contributed by atoms with Gasteiger partial charge in [0.1, 0.15) is 5.69 Å². The van der Waals surface area contributed by atoms with E-state index in [1.54, 1.807) is 12.1 Å². The number of carbonyl (C=O) groups excluding carboxylic acids is 2. The van der Waals surface area contributed by atoms with E-state index in [9.17, 15) is 9.59 Å². The van der Waals surface area contributed by atoms with Gasteiger partial charge in [-0.15, -0.1) is 0 Å². The highest BCUT2D eigenvalue weighted by Crippen LogP contribution is 2.35. The van der Waals surface area contributed by atoms with Crippen molar-refractivity contribution in [2.24, 2.45) is 0 Å². The summed E-state index contributed by atoms with van der Waals surface area (Å²) in [4.78, 5) is 26.3. The fourth-order valence-electron chi connectivity index (χ4n) is 1.56. The van der Waals surface area contributed by atoms with Crippen molar-refractivity contribution in [3.8, 4) is 0 Å². The Morgan fingerprint density at radius 1 is 1.60 bits per heavy atom. The maximum absolute atomic E-state index is 11.4. The van der Waals surface area contributed by atoms with Gasteiger partial charge < -0.3 is 9.47 Å². The number of nitrogens with zero attached hydrogens (tertiary/aromatic N) is 1. The summed E-state index contributed by atoms with van der Waals surface area (Å²) in [6.45, 7) is 2.74. The van der Waals surface area contributed by atoms with Crippen molar-refractivity contribution in [1.29, 1.82) is 0 Å². The molecule has 78 valence electrons. The Hall–Kier alpha value is -1.91. The van der Waals surface area contributed by atoms with Gasteiger partial charge in [-0.2, -0.15) is 0 Å². The van der Waals surface area contributed by atoms with Crippen LogP contribution < -0.4 is 0 Å². The van der Waals surface area contributed by atoms with E-state index >= 15 is 0 Å². The number of carbonyl (C=O) groups is 2. The monoisotopic (exact) mass is 207 g/mol.